The van der Waals surface area contributed by atoms with Gasteiger partial charge in [-0.1, -0.05) is 52.0 Å². The molecular weight excluding hydrogens is 408 g/mol. The molecule has 0 heterocycles. The van der Waals surface area contributed by atoms with Crippen LogP contribution in [0, 0.1) is 5.92 Å². The van der Waals surface area contributed by atoms with Crippen molar-refractivity contribution in [2.24, 2.45) is 5.92 Å². The quantitative estimate of drug-likeness (QED) is 0.441. The smallest absolute Gasteiger partial charge is 0.320 e. The number of benzene rings is 2. The second-order valence-corrected chi connectivity index (χ2v) is 8.97. The van der Waals surface area contributed by atoms with Gasteiger partial charge in [0.2, 0.25) is 0 Å². The summed E-state index contributed by atoms with van der Waals surface area (Å²) < 4.78 is 0. The molecule has 2 rings (SSSR count). The van der Waals surface area contributed by atoms with E-state index in [9.17, 15) is 24.9 Å². The van der Waals surface area contributed by atoms with Crippen molar-refractivity contribution in [3.8, 4) is 11.5 Å². The molecule has 0 bridgehead atoms. The highest BCUT2D eigenvalue weighted by Gasteiger charge is 2.21. The zero-order valence-corrected chi connectivity index (χ0v) is 19.4. The maximum Gasteiger partial charge on any atom is 0.320 e. The number of rotatable bonds is 10. The summed E-state index contributed by atoms with van der Waals surface area (Å²) in [7, 11) is 1.65. The normalized spacial score (nSPS) is 12.2. The van der Waals surface area contributed by atoms with Gasteiger partial charge in [-0.3, -0.25) is 9.59 Å². The molecular formula is C25H34N2O5. The Morgan fingerprint density at radius 3 is 2.25 bits per heavy atom. The molecule has 32 heavy (non-hydrogen) atoms. The molecule has 0 saturated heterocycles. The molecule has 0 fully saturated rings. The van der Waals surface area contributed by atoms with E-state index in [2.05, 4.69) is 5.32 Å². The van der Waals surface area contributed by atoms with Crippen molar-refractivity contribution < 1.29 is 24.9 Å². The van der Waals surface area contributed by atoms with Gasteiger partial charge in [-0.2, -0.15) is 0 Å². The lowest BCUT2D eigenvalue weighted by molar-refractivity contribution is -0.140. The fourth-order valence-corrected chi connectivity index (χ4v) is 3.60. The van der Waals surface area contributed by atoms with Crippen molar-refractivity contribution in [3.05, 3.63) is 58.7 Å². The molecule has 0 aromatic heterocycles. The summed E-state index contributed by atoms with van der Waals surface area (Å²) >= 11 is 0. The van der Waals surface area contributed by atoms with Crippen LogP contribution in [0.5, 0.6) is 11.5 Å². The number of phenolic OH excluding ortho intramolecular Hbond substituents is 2. The van der Waals surface area contributed by atoms with E-state index in [4.69, 9.17) is 0 Å². The molecule has 0 unspecified atom stereocenters. The minimum Gasteiger partial charge on any atom is -0.508 e. The fraction of sp³-hybridized carbons (Fsp3) is 0.440. The molecule has 0 saturated carbocycles. The summed E-state index contributed by atoms with van der Waals surface area (Å²) in [4.78, 5) is 25.9. The lowest BCUT2D eigenvalue weighted by Crippen LogP contribution is -2.37. The molecule has 7 nitrogen and oxygen atoms in total. The van der Waals surface area contributed by atoms with Gasteiger partial charge in [0, 0.05) is 26.2 Å². The topological polar surface area (TPSA) is 110 Å². The number of carboxylic acid groups (broad SMARTS) is 1. The van der Waals surface area contributed by atoms with Crippen LogP contribution in [0.2, 0.25) is 0 Å². The van der Waals surface area contributed by atoms with E-state index in [1.807, 2.05) is 52.0 Å². The first kappa shape index (κ1) is 25.2. The van der Waals surface area contributed by atoms with Gasteiger partial charge < -0.3 is 25.5 Å². The average Bonchev–Trinajstić information content (AvgIpc) is 2.70. The predicted octanol–water partition coefficient (Wildman–Crippen LogP) is 4.08. The molecule has 2 aromatic carbocycles. The van der Waals surface area contributed by atoms with Gasteiger partial charge in [0.1, 0.15) is 17.5 Å². The van der Waals surface area contributed by atoms with Crippen molar-refractivity contribution in [1.29, 1.82) is 0 Å². The summed E-state index contributed by atoms with van der Waals surface area (Å²) in [5, 5.41) is 32.7. The van der Waals surface area contributed by atoms with E-state index >= 15 is 0 Å². The summed E-state index contributed by atoms with van der Waals surface area (Å²) in [6, 6.07) is 9.74. The summed E-state index contributed by atoms with van der Waals surface area (Å²) in [6.07, 6.45) is 0.542. The first-order valence-corrected chi connectivity index (χ1v) is 10.8. The Labute approximate surface area is 189 Å². The molecule has 0 aliphatic rings. The van der Waals surface area contributed by atoms with E-state index in [-0.39, 0.29) is 34.8 Å². The lowest BCUT2D eigenvalue weighted by atomic mass is 9.98. The maximum absolute atomic E-state index is 12.9. The van der Waals surface area contributed by atoms with E-state index in [0.29, 0.717) is 25.1 Å². The lowest BCUT2D eigenvalue weighted by Gasteiger charge is -2.20. The Morgan fingerprint density at radius 1 is 1.00 bits per heavy atom. The third-order valence-electron chi connectivity index (χ3n) is 5.31. The third kappa shape index (κ3) is 6.72. The van der Waals surface area contributed by atoms with Gasteiger partial charge in [-0.15, -0.1) is 0 Å². The van der Waals surface area contributed by atoms with Crippen LogP contribution in [0.3, 0.4) is 0 Å². The van der Waals surface area contributed by atoms with Crippen molar-refractivity contribution >= 4 is 11.9 Å². The highest BCUT2D eigenvalue weighted by atomic mass is 16.4. The van der Waals surface area contributed by atoms with Crippen molar-refractivity contribution in [3.63, 3.8) is 0 Å². The Kier molecular flexibility index (Phi) is 8.66. The fourth-order valence-electron chi connectivity index (χ4n) is 3.60. The molecule has 0 radical (unpaired) electrons. The monoisotopic (exact) mass is 442 g/mol. The van der Waals surface area contributed by atoms with Crippen LogP contribution in [-0.2, 0) is 17.9 Å². The molecule has 0 spiro atoms. The van der Waals surface area contributed by atoms with Crippen molar-refractivity contribution in [1.82, 2.24) is 10.2 Å². The van der Waals surface area contributed by atoms with E-state index in [1.54, 1.807) is 7.05 Å². The number of phenols is 2. The predicted molar refractivity (Wildman–Crippen MR) is 124 cm³/mol. The molecule has 174 valence electrons. The number of nitrogens with zero attached hydrogens (tertiary/aromatic N) is 1. The van der Waals surface area contributed by atoms with Gasteiger partial charge in [-0.25, -0.2) is 0 Å². The highest BCUT2D eigenvalue weighted by Crippen LogP contribution is 2.32. The summed E-state index contributed by atoms with van der Waals surface area (Å²) in [5.41, 5.74) is 2.55. The molecule has 1 atom stereocenters. The zero-order chi connectivity index (χ0) is 24.0. The maximum atomic E-state index is 12.9. The molecule has 1 amide bonds. The van der Waals surface area contributed by atoms with Crippen LogP contribution in [-0.4, -0.2) is 45.2 Å². The van der Waals surface area contributed by atoms with Crippen molar-refractivity contribution in [2.45, 2.75) is 59.2 Å². The van der Waals surface area contributed by atoms with Gasteiger partial charge in [0.05, 0.1) is 5.56 Å². The van der Waals surface area contributed by atoms with Gasteiger partial charge in [0.15, 0.2) is 0 Å². The number of hydrogen-bond acceptors (Lipinski definition) is 5. The Balaban J connectivity index is 2.11. The second-order valence-electron chi connectivity index (χ2n) is 8.97. The third-order valence-corrected chi connectivity index (χ3v) is 5.31. The van der Waals surface area contributed by atoms with E-state index < -0.39 is 12.0 Å². The van der Waals surface area contributed by atoms with E-state index in [1.165, 1.54) is 17.0 Å². The van der Waals surface area contributed by atoms with Crippen LogP contribution in [0.4, 0.5) is 0 Å². The van der Waals surface area contributed by atoms with Gasteiger partial charge in [0.25, 0.3) is 5.91 Å². The minimum absolute atomic E-state index is 0.00182. The standard InChI is InChI=1S/C25H34N2O5/c1-15(2)9-21(25(31)32)26-13-17-7-6-8-18(10-17)14-27(5)24(30)20-11-19(16(3)4)22(28)12-23(20)29/h6-8,10-12,15-16,21,26,28-29H,9,13-14H2,1-5H3,(H,31,32)/t21-/m0/s1. The largest absolute Gasteiger partial charge is 0.508 e. The zero-order valence-electron chi connectivity index (χ0n) is 19.4. The molecule has 2 aromatic rings. The molecule has 7 heteroatoms. The van der Waals surface area contributed by atoms with Gasteiger partial charge >= 0.3 is 5.97 Å². The number of hydrogen-bond donors (Lipinski definition) is 4. The highest BCUT2D eigenvalue weighted by molar-refractivity contribution is 5.97. The van der Waals surface area contributed by atoms with E-state index in [0.717, 1.165) is 11.1 Å². The number of amides is 1. The number of aromatic hydroxyl groups is 2. The molecule has 0 aliphatic carbocycles. The first-order chi connectivity index (χ1) is 15.0. The number of carbonyl (C=O) groups excluding carboxylic acids is 1. The number of carboxylic acids is 1. The average molecular weight is 443 g/mol. The van der Waals surface area contributed by atoms with Crippen LogP contribution >= 0.6 is 0 Å². The minimum atomic E-state index is -0.866. The molecule has 4 N–H and O–H groups in total. The van der Waals surface area contributed by atoms with Crippen LogP contribution in [0.25, 0.3) is 0 Å². The van der Waals surface area contributed by atoms with Crippen LogP contribution in [0.1, 0.15) is 67.1 Å². The Morgan fingerprint density at radius 2 is 1.66 bits per heavy atom. The van der Waals surface area contributed by atoms with Gasteiger partial charge in [-0.05, 0) is 41.0 Å². The first-order valence-electron chi connectivity index (χ1n) is 10.8. The van der Waals surface area contributed by atoms with Crippen LogP contribution in [0.15, 0.2) is 36.4 Å². The Bertz CT molecular complexity index is 955. The number of nitrogens with one attached hydrogen (secondary N) is 1. The summed E-state index contributed by atoms with van der Waals surface area (Å²) in [6.45, 7) is 8.51. The van der Waals surface area contributed by atoms with Crippen LogP contribution < -0.4 is 5.32 Å². The molecule has 0 aliphatic heterocycles. The van der Waals surface area contributed by atoms with Crippen molar-refractivity contribution in [2.75, 3.05) is 7.05 Å². The number of aliphatic carboxylic acids is 1. The second kappa shape index (κ2) is 11.0. The summed E-state index contributed by atoms with van der Waals surface area (Å²) in [5.74, 6) is -1.24. The number of carbonyl (C=O) groups is 2. The Hall–Kier alpha value is -3.06. The SMILES string of the molecule is CC(C)C[C@H](NCc1cccc(CN(C)C(=O)c2cc(C(C)C)c(O)cc2O)c1)C(=O)O.